The second kappa shape index (κ2) is 6.98. The van der Waals surface area contributed by atoms with Gasteiger partial charge >= 0.3 is 5.97 Å². The SMILES string of the molecule is CNS(=O)(=O)c1ccc(S(=O)(=O)NCCCC(=O)O)cc1. The van der Waals surface area contributed by atoms with Gasteiger partial charge in [0.15, 0.2) is 0 Å². The van der Waals surface area contributed by atoms with Crippen LogP contribution in [0.4, 0.5) is 0 Å². The molecule has 10 heteroatoms. The van der Waals surface area contributed by atoms with Gasteiger partial charge in [0.05, 0.1) is 9.79 Å². The van der Waals surface area contributed by atoms with Crippen LogP contribution in [0.2, 0.25) is 0 Å². The molecule has 1 aromatic carbocycles. The summed E-state index contributed by atoms with van der Waals surface area (Å²) in [6.45, 7) is -0.00873. The molecule has 118 valence electrons. The molecule has 0 atom stereocenters. The van der Waals surface area contributed by atoms with E-state index in [2.05, 4.69) is 9.44 Å². The average Bonchev–Trinajstić information content (AvgIpc) is 2.43. The molecule has 0 heterocycles. The van der Waals surface area contributed by atoms with Crippen LogP contribution in [0.15, 0.2) is 34.1 Å². The monoisotopic (exact) mass is 336 g/mol. The molecule has 0 aliphatic carbocycles. The first-order valence-corrected chi connectivity index (χ1v) is 8.91. The van der Waals surface area contributed by atoms with Gasteiger partial charge in [-0.2, -0.15) is 0 Å². The third-order valence-corrected chi connectivity index (χ3v) is 5.48. The van der Waals surface area contributed by atoms with Crippen LogP contribution in [0.1, 0.15) is 12.8 Å². The predicted molar refractivity (Wildman–Crippen MR) is 74.7 cm³/mol. The van der Waals surface area contributed by atoms with Crippen molar-refractivity contribution in [2.45, 2.75) is 22.6 Å². The first-order valence-electron chi connectivity index (χ1n) is 5.94. The second-order valence-electron chi connectivity index (χ2n) is 4.07. The Hall–Kier alpha value is -1.49. The maximum absolute atomic E-state index is 11.9. The normalized spacial score (nSPS) is 12.2. The molecule has 1 aromatic rings. The standard InChI is InChI=1S/C11H16N2O6S2/c1-12-20(16,17)9-4-6-10(7-5-9)21(18,19)13-8-2-3-11(14)15/h4-7,12-13H,2-3,8H2,1H3,(H,14,15). The number of hydrogen-bond donors (Lipinski definition) is 3. The molecule has 3 N–H and O–H groups in total. The predicted octanol–water partition coefficient (Wildman–Crippen LogP) is -0.262. The van der Waals surface area contributed by atoms with Crippen LogP contribution < -0.4 is 9.44 Å². The molecule has 0 amide bonds. The second-order valence-corrected chi connectivity index (χ2v) is 7.73. The van der Waals surface area contributed by atoms with E-state index in [0.717, 1.165) is 0 Å². The molecule has 0 aliphatic heterocycles. The van der Waals surface area contributed by atoms with E-state index in [1.165, 1.54) is 31.3 Å². The third kappa shape index (κ3) is 5.08. The lowest BCUT2D eigenvalue weighted by molar-refractivity contribution is -0.137. The van der Waals surface area contributed by atoms with Crippen LogP contribution >= 0.6 is 0 Å². The molecule has 0 bridgehead atoms. The van der Waals surface area contributed by atoms with Crippen molar-refractivity contribution in [3.63, 3.8) is 0 Å². The first-order chi connectivity index (χ1) is 9.69. The van der Waals surface area contributed by atoms with E-state index in [1.807, 2.05) is 0 Å². The summed E-state index contributed by atoms with van der Waals surface area (Å²) in [5.74, 6) is -1.00. The van der Waals surface area contributed by atoms with Crippen molar-refractivity contribution in [3.8, 4) is 0 Å². The summed E-state index contributed by atoms with van der Waals surface area (Å²) in [4.78, 5) is 10.2. The van der Waals surface area contributed by atoms with Crippen molar-refractivity contribution in [1.82, 2.24) is 9.44 Å². The van der Waals surface area contributed by atoms with E-state index in [1.54, 1.807) is 0 Å². The van der Waals surface area contributed by atoms with Gasteiger partial charge in [0.2, 0.25) is 20.0 Å². The number of benzene rings is 1. The largest absolute Gasteiger partial charge is 0.481 e. The fraction of sp³-hybridized carbons (Fsp3) is 0.364. The van der Waals surface area contributed by atoms with Crippen LogP contribution in [-0.2, 0) is 24.8 Å². The molecular formula is C11H16N2O6S2. The van der Waals surface area contributed by atoms with E-state index in [-0.39, 0.29) is 29.2 Å². The highest BCUT2D eigenvalue weighted by molar-refractivity contribution is 7.90. The zero-order valence-electron chi connectivity index (χ0n) is 11.2. The highest BCUT2D eigenvalue weighted by Gasteiger charge is 2.16. The Morgan fingerprint density at radius 1 is 1.05 bits per heavy atom. The lowest BCUT2D eigenvalue weighted by atomic mass is 10.3. The minimum atomic E-state index is -3.79. The van der Waals surface area contributed by atoms with E-state index >= 15 is 0 Å². The summed E-state index contributed by atoms with van der Waals surface area (Å²) in [5, 5.41) is 8.45. The topological polar surface area (TPSA) is 130 Å². The highest BCUT2D eigenvalue weighted by atomic mass is 32.2. The zero-order valence-corrected chi connectivity index (χ0v) is 12.9. The van der Waals surface area contributed by atoms with Gasteiger partial charge in [-0.15, -0.1) is 0 Å². The quantitative estimate of drug-likeness (QED) is 0.561. The van der Waals surface area contributed by atoms with Gasteiger partial charge in [0.25, 0.3) is 0 Å². The molecule has 0 aliphatic rings. The minimum absolute atomic E-state index is 0.00873. The Labute approximate surface area is 123 Å². The molecule has 0 aromatic heterocycles. The summed E-state index contributed by atoms with van der Waals surface area (Å²) in [7, 11) is -6.15. The molecule has 1 rings (SSSR count). The van der Waals surface area contributed by atoms with Crippen molar-refractivity contribution in [2.24, 2.45) is 0 Å². The molecule has 0 spiro atoms. The average molecular weight is 336 g/mol. The van der Waals surface area contributed by atoms with Crippen molar-refractivity contribution in [3.05, 3.63) is 24.3 Å². The van der Waals surface area contributed by atoms with Crippen molar-refractivity contribution in [1.29, 1.82) is 0 Å². The number of hydrogen-bond acceptors (Lipinski definition) is 5. The molecule has 8 nitrogen and oxygen atoms in total. The summed E-state index contributed by atoms with van der Waals surface area (Å²) in [5.41, 5.74) is 0. The number of aliphatic carboxylic acids is 1. The van der Waals surface area contributed by atoms with E-state index in [9.17, 15) is 21.6 Å². The van der Waals surface area contributed by atoms with Crippen molar-refractivity contribution >= 4 is 26.0 Å². The number of sulfonamides is 2. The Kier molecular flexibility index (Phi) is 5.84. The lowest BCUT2D eigenvalue weighted by Gasteiger charge is -2.07. The van der Waals surface area contributed by atoms with Gasteiger partial charge in [-0.3, -0.25) is 4.79 Å². The number of rotatable bonds is 8. The smallest absolute Gasteiger partial charge is 0.303 e. The Morgan fingerprint density at radius 3 is 1.95 bits per heavy atom. The molecule has 0 fully saturated rings. The Balaban J connectivity index is 2.79. The van der Waals surface area contributed by atoms with Crippen LogP contribution in [0.3, 0.4) is 0 Å². The van der Waals surface area contributed by atoms with Gasteiger partial charge in [-0.1, -0.05) is 0 Å². The fourth-order valence-corrected chi connectivity index (χ4v) is 3.25. The zero-order chi connectivity index (χ0) is 16.1. The van der Waals surface area contributed by atoms with E-state index in [4.69, 9.17) is 5.11 Å². The van der Waals surface area contributed by atoms with Crippen molar-refractivity contribution < 1.29 is 26.7 Å². The van der Waals surface area contributed by atoms with E-state index in [0.29, 0.717) is 0 Å². The number of nitrogens with one attached hydrogen (secondary N) is 2. The lowest BCUT2D eigenvalue weighted by Crippen LogP contribution is -2.25. The Bertz CT molecular complexity index is 695. The molecular weight excluding hydrogens is 320 g/mol. The molecule has 0 saturated heterocycles. The van der Waals surface area contributed by atoms with Gasteiger partial charge in [-0.25, -0.2) is 26.3 Å². The fourth-order valence-electron chi connectivity index (χ4n) is 1.45. The summed E-state index contributed by atoms with van der Waals surface area (Å²) in [6, 6.07) is 4.70. The molecule has 0 unspecified atom stereocenters. The first kappa shape index (κ1) is 17.6. The van der Waals surface area contributed by atoms with Gasteiger partial charge in [0.1, 0.15) is 0 Å². The number of carbonyl (C=O) groups is 1. The van der Waals surface area contributed by atoms with Gasteiger partial charge < -0.3 is 5.11 Å². The van der Waals surface area contributed by atoms with E-state index < -0.39 is 26.0 Å². The van der Waals surface area contributed by atoms with Crippen LogP contribution in [0, 0.1) is 0 Å². The summed E-state index contributed by atoms with van der Waals surface area (Å²) in [6.07, 6.45) is 0.0304. The van der Waals surface area contributed by atoms with Crippen LogP contribution in [0.25, 0.3) is 0 Å². The van der Waals surface area contributed by atoms with Crippen molar-refractivity contribution in [2.75, 3.05) is 13.6 Å². The number of carboxylic acid groups (broad SMARTS) is 1. The summed E-state index contributed by atoms with van der Waals surface area (Å²) >= 11 is 0. The molecule has 0 radical (unpaired) electrons. The maximum atomic E-state index is 11.9. The van der Waals surface area contributed by atoms with Gasteiger partial charge in [0, 0.05) is 13.0 Å². The number of carboxylic acids is 1. The molecule has 0 saturated carbocycles. The van der Waals surface area contributed by atoms with Gasteiger partial charge in [-0.05, 0) is 37.7 Å². The highest BCUT2D eigenvalue weighted by Crippen LogP contribution is 2.14. The molecule has 21 heavy (non-hydrogen) atoms. The third-order valence-electron chi connectivity index (χ3n) is 2.57. The minimum Gasteiger partial charge on any atom is -0.481 e. The van der Waals surface area contributed by atoms with Crippen LogP contribution in [-0.4, -0.2) is 41.5 Å². The van der Waals surface area contributed by atoms with Crippen LogP contribution in [0.5, 0.6) is 0 Å². The maximum Gasteiger partial charge on any atom is 0.303 e. The Morgan fingerprint density at radius 2 is 1.52 bits per heavy atom. The summed E-state index contributed by atoms with van der Waals surface area (Å²) < 4.78 is 51.1.